The average molecular weight is 485 g/mol. The Hall–Kier alpha value is -2.45. The molecule has 1 aliphatic carbocycles. The van der Waals surface area contributed by atoms with Crippen molar-refractivity contribution < 1.29 is 29.0 Å². The van der Waals surface area contributed by atoms with E-state index in [4.69, 9.17) is 9.47 Å². The van der Waals surface area contributed by atoms with Gasteiger partial charge >= 0.3 is 5.97 Å². The van der Waals surface area contributed by atoms with Crippen molar-refractivity contribution in [2.75, 3.05) is 13.2 Å². The molecular formula is C27H36N2O6. The number of carbonyl (C=O) groups excluding carboxylic acids is 3. The number of amides is 2. The van der Waals surface area contributed by atoms with Crippen molar-refractivity contribution in [1.29, 1.82) is 0 Å². The number of fused-ring (bicyclic) bond motifs is 1. The molecule has 1 spiro atoms. The summed E-state index contributed by atoms with van der Waals surface area (Å²) in [6, 6.07) is 8.23. The Morgan fingerprint density at radius 1 is 1.20 bits per heavy atom. The van der Waals surface area contributed by atoms with E-state index in [0.717, 1.165) is 31.2 Å². The number of aliphatic hydroxyl groups is 1. The predicted molar refractivity (Wildman–Crippen MR) is 127 cm³/mol. The fraction of sp³-hybridized carbons (Fsp3) is 0.667. The summed E-state index contributed by atoms with van der Waals surface area (Å²) in [5.41, 5.74) is -0.102. The van der Waals surface area contributed by atoms with E-state index in [1.807, 2.05) is 30.3 Å². The summed E-state index contributed by atoms with van der Waals surface area (Å²) in [7, 11) is 0. The summed E-state index contributed by atoms with van der Waals surface area (Å²) in [5.74, 6) is -2.45. The van der Waals surface area contributed by atoms with E-state index in [-0.39, 0.29) is 31.1 Å². The molecule has 1 aromatic rings. The minimum atomic E-state index is -1.07. The van der Waals surface area contributed by atoms with Gasteiger partial charge < -0.3 is 24.8 Å². The van der Waals surface area contributed by atoms with Crippen molar-refractivity contribution in [3.05, 3.63) is 35.9 Å². The SMILES string of the molecule is CCOC(=O)[C@@H]1[C@H]2C(=O)N([C@@H](CO)Cc3ccccc3)[C@H](C(=O)NC3CCCCC3)[C@]23CC[C@H]1O3. The predicted octanol–water partition coefficient (Wildman–Crippen LogP) is 1.98. The summed E-state index contributed by atoms with van der Waals surface area (Å²) in [6.07, 6.45) is 6.29. The minimum absolute atomic E-state index is 0.0739. The molecule has 1 saturated carbocycles. The van der Waals surface area contributed by atoms with Crippen LogP contribution in [-0.2, 0) is 30.3 Å². The van der Waals surface area contributed by atoms with Crippen molar-refractivity contribution in [1.82, 2.24) is 10.2 Å². The van der Waals surface area contributed by atoms with Crippen LogP contribution in [0.3, 0.4) is 0 Å². The van der Waals surface area contributed by atoms with E-state index in [0.29, 0.717) is 19.3 Å². The van der Waals surface area contributed by atoms with Crippen molar-refractivity contribution in [2.45, 2.75) is 88.1 Å². The van der Waals surface area contributed by atoms with Crippen molar-refractivity contribution in [2.24, 2.45) is 11.8 Å². The van der Waals surface area contributed by atoms with Crippen LogP contribution in [-0.4, -0.2) is 70.8 Å². The van der Waals surface area contributed by atoms with Gasteiger partial charge in [0.15, 0.2) is 0 Å². The quantitative estimate of drug-likeness (QED) is 0.547. The number of aliphatic hydroxyl groups excluding tert-OH is 1. The first-order valence-corrected chi connectivity index (χ1v) is 13.1. The van der Waals surface area contributed by atoms with Gasteiger partial charge in [0.05, 0.1) is 37.2 Å². The van der Waals surface area contributed by atoms with Gasteiger partial charge in [-0.2, -0.15) is 0 Å². The number of benzene rings is 1. The van der Waals surface area contributed by atoms with E-state index in [9.17, 15) is 19.5 Å². The Balaban J connectivity index is 1.50. The molecule has 2 N–H and O–H groups in total. The van der Waals surface area contributed by atoms with Crippen LogP contribution in [0.1, 0.15) is 57.4 Å². The van der Waals surface area contributed by atoms with Crippen LogP contribution in [0.25, 0.3) is 0 Å². The molecule has 3 heterocycles. The number of likely N-dealkylation sites (tertiary alicyclic amines) is 1. The van der Waals surface area contributed by atoms with Gasteiger partial charge in [0.25, 0.3) is 0 Å². The van der Waals surface area contributed by atoms with Crippen LogP contribution < -0.4 is 5.32 Å². The molecular weight excluding hydrogens is 448 g/mol. The zero-order valence-corrected chi connectivity index (χ0v) is 20.4. The molecule has 2 bridgehead atoms. The van der Waals surface area contributed by atoms with Gasteiger partial charge in [0, 0.05) is 6.04 Å². The van der Waals surface area contributed by atoms with E-state index >= 15 is 0 Å². The van der Waals surface area contributed by atoms with Crippen LogP contribution in [0, 0.1) is 11.8 Å². The maximum absolute atomic E-state index is 14.0. The normalized spacial score (nSPS) is 33.0. The van der Waals surface area contributed by atoms with Gasteiger partial charge in [-0.1, -0.05) is 49.6 Å². The Morgan fingerprint density at radius 2 is 1.94 bits per heavy atom. The second kappa shape index (κ2) is 9.90. The molecule has 190 valence electrons. The zero-order chi connectivity index (χ0) is 24.6. The molecule has 0 aromatic heterocycles. The largest absolute Gasteiger partial charge is 0.466 e. The Kier molecular flexibility index (Phi) is 6.86. The second-order valence-corrected chi connectivity index (χ2v) is 10.4. The highest BCUT2D eigenvalue weighted by molar-refractivity contribution is 5.98. The Morgan fingerprint density at radius 3 is 2.63 bits per heavy atom. The molecule has 2 amide bonds. The van der Waals surface area contributed by atoms with Crippen LogP contribution in [0.5, 0.6) is 0 Å². The number of rotatable bonds is 8. The number of nitrogens with zero attached hydrogens (tertiary/aromatic N) is 1. The topological polar surface area (TPSA) is 105 Å². The molecule has 6 atom stereocenters. The van der Waals surface area contributed by atoms with Gasteiger partial charge in [-0.3, -0.25) is 14.4 Å². The molecule has 3 aliphatic heterocycles. The standard InChI is InChI=1S/C27H36N2O6/c1-2-34-26(33)21-20-13-14-27(35-20)22(21)25(32)29(19(16-30)15-17-9-5-3-6-10-17)23(27)24(31)28-18-11-7-4-8-12-18/h3,5-6,9-10,18-23,30H,2,4,7-8,11-16H2,1H3,(H,28,31)/t19-,20-,21+,22+,23-,27+/m1/s1. The van der Waals surface area contributed by atoms with E-state index in [1.54, 1.807) is 11.8 Å². The van der Waals surface area contributed by atoms with E-state index in [2.05, 4.69) is 5.32 Å². The molecule has 35 heavy (non-hydrogen) atoms. The van der Waals surface area contributed by atoms with Gasteiger partial charge in [0.2, 0.25) is 11.8 Å². The molecule has 1 aromatic carbocycles. The van der Waals surface area contributed by atoms with Crippen molar-refractivity contribution in [3.63, 3.8) is 0 Å². The monoisotopic (exact) mass is 484 g/mol. The first-order valence-electron chi connectivity index (χ1n) is 13.1. The lowest BCUT2D eigenvalue weighted by molar-refractivity contribution is -0.155. The van der Waals surface area contributed by atoms with E-state index < -0.39 is 41.6 Å². The fourth-order valence-corrected chi connectivity index (χ4v) is 6.95. The van der Waals surface area contributed by atoms with Crippen LogP contribution >= 0.6 is 0 Å². The number of hydrogen-bond acceptors (Lipinski definition) is 6. The highest BCUT2D eigenvalue weighted by atomic mass is 16.6. The first kappa shape index (κ1) is 24.3. The molecule has 8 nitrogen and oxygen atoms in total. The number of ether oxygens (including phenoxy) is 2. The molecule has 0 unspecified atom stereocenters. The lowest BCUT2D eigenvalue weighted by Gasteiger charge is -2.38. The summed E-state index contributed by atoms with van der Waals surface area (Å²) in [4.78, 5) is 42.4. The summed E-state index contributed by atoms with van der Waals surface area (Å²) in [6.45, 7) is 1.68. The van der Waals surface area contributed by atoms with Gasteiger partial charge in [-0.05, 0) is 44.6 Å². The fourth-order valence-electron chi connectivity index (χ4n) is 6.95. The van der Waals surface area contributed by atoms with Crippen LogP contribution in [0.15, 0.2) is 30.3 Å². The number of carbonyl (C=O) groups is 3. The molecule has 8 heteroatoms. The maximum atomic E-state index is 14.0. The third-order valence-electron chi connectivity index (χ3n) is 8.41. The smallest absolute Gasteiger partial charge is 0.312 e. The van der Waals surface area contributed by atoms with Crippen LogP contribution in [0.4, 0.5) is 0 Å². The lowest BCUT2D eigenvalue weighted by Crippen LogP contribution is -2.59. The highest BCUT2D eigenvalue weighted by Gasteiger charge is 2.75. The van der Waals surface area contributed by atoms with Crippen molar-refractivity contribution in [3.8, 4) is 0 Å². The van der Waals surface area contributed by atoms with Crippen LogP contribution in [0.2, 0.25) is 0 Å². The van der Waals surface area contributed by atoms with Crippen molar-refractivity contribution >= 4 is 17.8 Å². The molecule has 0 radical (unpaired) electrons. The minimum Gasteiger partial charge on any atom is -0.466 e. The highest BCUT2D eigenvalue weighted by Crippen LogP contribution is 2.59. The lowest BCUT2D eigenvalue weighted by atomic mass is 9.70. The first-order chi connectivity index (χ1) is 17.0. The third kappa shape index (κ3) is 4.14. The summed E-state index contributed by atoms with van der Waals surface area (Å²) in [5, 5.41) is 13.6. The average Bonchev–Trinajstić information content (AvgIpc) is 3.51. The molecule has 5 rings (SSSR count). The Bertz CT molecular complexity index is 948. The summed E-state index contributed by atoms with van der Waals surface area (Å²) >= 11 is 0. The third-order valence-corrected chi connectivity index (χ3v) is 8.41. The molecule has 4 aliphatic rings. The second-order valence-electron chi connectivity index (χ2n) is 10.4. The summed E-state index contributed by atoms with van der Waals surface area (Å²) < 4.78 is 11.8. The van der Waals surface area contributed by atoms with Gasteiger partial charge in [0.1, 0.15) is 11.6 Å². The maximum Gasteiger partial charge on any atom is 0.312 e. The zero-order valence-electron chi connectivity index (χ0n) is 20.4. The molecule has 3 saturated heterocycles. The molecule has 4 fully saturated rings. The Labute approximate surface area is 206 Å². The van der Waals surface area contributed by atoms with E-state index in [1.165, 1.54) is 6.42 Å². The van der Waals surface area contributed by atoms with Gasteiger partial charge in [-0.25, -0.2) is 0 Å². The number of hydrogen-bond donors (Lipinski definition) is 2. The number of nitrogens with one attached hydrogen (secondary N) is 1. The van der Waals surface area contributed by atoms with Gasteiger partial charge in [-0.15, -0.1) is 0 Å². The number of esters is 1.